The summed E-state index contributed by atoms with van der Waals surface area (Å²) in [6, 6.07) is 0. The molecule has 0 aromatic carbocycles. The Labute approximate surface area is 221 Å². The minimum absolute atomic E-state index is 0.0686. The number of aliphatic hydroxyl groups excluding tert-OH is 2. The second-order valence-corrected chi connectivity index (χ2v) is 14.9. The molecule has 3 unspecified atom stereocenters. The van der Waals surface area contributed by atoms with Crippen molar-refractivity contribution >= 4 is 5.97 Å². The van der Waals surface area contributed by atoms with E-state index in [1.54, 1.807) is 6.92 Å². The summed E-state index contributed by atoms with van der Waals surface area (Å²) < 4.78 is 5.88. The maximum atomic E-state index is 12.7. The molecule has 0 aromatic heterocycles. The van der Waals surface area contributed by atoms with Crippen LogP contribution in [0.15, 0.2) is 0 Å². The van der Waals surface area contributed by atoms with E-state index in [1.165, 1.54) is 57.8 Å². The maximum absolute atomic E-state index is 12.7. The first-order valence-corrected chi connectivity index (χ1v) is 15.4. The van der Waals surface area contributed by atoms with Crippen LogP contribution in [0.1, 0.15) is 119 Å². The van der Waals surface area contributed by atoms with Crippen molar-refractivity contribution in [3.05, 3.63) is 0 Å². The summed E-state index contributed by atoms with van der Waals surface area (Å²) in [5, 5.41) is 19.2. The molecule has 0 amide bonds. The monoisotopic (exact) mass is 504 g/mol. The van der Waals surface area contributed by atoms with E-state index in [2.05, 4.69) is 34.6 Å². The molecule has 4 aliphatic rings. The Balaban J connectivity index is 1.40. The zero-order valence-electron chi connectivity index (χ0n) is 24.2. The molecule has 0 bridgehead atoms. The SMILES string of the molecule is CC(C)CCC[C@@H](C)[C@H]1CCC2C3CC[C@@H]4C[C@@H](OC(=O)C(C)(CO)CO)CC[C@]4(C)C3CC[C@@]21C. The minimum atomic E-state index is -1.20. The number of ether oxygens (including phenoxy) is 1. The third-order valence-corrected chi connectivity index (χ3v) is 12.3. The Kier molecular flexibility index (Phi) is 8.58. The fourth-order valence-electron chi connectivity index (χ4n) is 9.82. The van der Waals surface area contributed by atoms with Gasteiger partial charge in [0.2, 0.25) is 0 Å². The predicted molar refractivity (Wildman–Crippen MR) is 145 cm³/mol. The van der Waals surface area contributed by atoms with E-state index in [-0.39, 0.29) is 19.3 Å². The summed E-state index contributed by atoms with van der Waals surface area (Å²) in [6.45, 7) is 13.4. The molecular formula is C32H56O4. The Morgan fingerprint density at radius 1 is 0.917 bits per heavy atom. The number of aliphatic hydroxyl groups is 2. The van der Waals surface area contributed by atoms with E-state index in [0.717, 1.165) is 54.8 Å². The molecule has 0 aromatic rings. The van der Waals surface area contributed by atoms with E-state index >= 15 is 0 Å². The highest BCUT2D eigenvalue weighted by Gasteiger charge is 2.60. The molecule has 0 saturated heterocycles. The lowest BCUT2D eigenvalue weighted by molar-refractivity contribution is -0.176. The molecule has 4 nitrogen and oxygen atoms in total. The number of hydrogen-bond acceptors (Lipinski definition) is 4. The quantitative estimate of drug-likeness (QED) is 0.331. The first-order chi connectivity index (χ1) is 17.0. The molecule has 0 aliphatic heterocycles. The van der Waals surface area contributed by atoms with Gasteiger partial charge in [-0.2, -0.15) is 0 Å². The number of hydrogen-bond donors (Lipinski definition) is 2. The molecule has 9 atom stereocenters. The van der Waals surface area contributed by atoms with Gasteiger partial charge >= 0.3 is 5.97 Å². The molecule has 4 saturated carbocycles. The molecule has 208 valence electrons. The van der Waals surface area contributed by atoms with Gasteiger partial charge in [-0.1, -0.05) is 53.9 Å². The predicted octanol–water partition coefficient (Wildman–Crippen LogP) is 7.01. The fourth-order valence-corrected chi connectivity index (χ4v) is 9.82. The van der Waals surface area contributed by atoms with Crippen LogP contribution in [0.5, 0.6) is 0 Å². The summed E-state index contributed by atoms with van der Waals surface area (Å²) in [4.78, 5) is 12.7. The van der Waals surface area contributed by atoms with Crippen molar-refractivity contribution < 1.29 is 19.7 Å². The van der Waals surface area contributed by atoms with Gasteiger partial charge in [-0.15, -0.1) is 0 Å². The average molecular weight is 505 g/mol. The summed E-state index contributed by atoms with van der Waals surface area (Å²) in [6.07, 6.45) is 15.4. The van der Waals surface area contributed by atoms with Crippen molar-refractivity contribution in [3.63, 3.8) is 0 Å². The van der Waals surface area contributed by atoms with E-state index in [4.69, 9.17) is 4.74 Å². The van der Waals surface area contributed by atoms with Crippen molar-refractivity contribution in [2.24, 2.45) is 57.7 Å². The van der Waals surface area contributed by atoms with E-state index in [9.17, 15) is 15.0 Å². The molecule has 36 heavy (non-hydrogen) atoms. The summed E-state index contributed by atoms with van der Waals surface area (Å²) in [5.41, 5.74) is -0.296. The van der Waals surface area contributed by atoms with Gasteiger partial charge in [0, 0.05) is 0 Å². The lowest BCUT2D eigenvalue weighted by atomic mass is 9.44. The molecule has 0 heterocycles. The third kappa shape index (κ3) is 5.04. The fraction of sp³-hybridized carbons (Fsp3) is 0.969. The van der Waals surface area contributed by atoms with Crippen molar-refractivity contribution in [2.45, 2.75) is 125 Å². The third-order valence-electron chi connectivity index (χ3n) is 12.3. The van der Waals surface area contributed by atoms with Crippen LogP contribution >= 0.6 is 0 Å². The molecule has 4 aliphatic carbocycles. The van der Waals surface area contributed by atoms with Crippen LogP contribution in [0.4, 0.5) is 0 Å². The van der Waals surface area contributed by atoms with Gasteiger partial charge in [0.1, 0.15) is 11.5 Å². The Hall–Kier alpha value is -0.610. The average Bonchev–Trinajstić information content (AvgIpc) is 3.20. The summed E-state index contributed by atoms with van der Waals surface area (Å²) >= 11 is 0. The van der Waals surface area contributed by atoms with Gasteiger partial charge in [0.05, 0.1) is 13.2 Å². The summed E-state index contributed by atoms with van der Waals surface area (Å²) in [5.74, 6) is 5.36. The van der Waals surface area contributed by atoms with E-state index < -0.39 is 11.4 Å². The number of esters is 1. The topological polar surface area (TPSA) is 66.8 Å². The molecule has 4 rings (SSSR count). The van der Waals surface area contributed by atoms with Crippen LogP contribution in [0.3, 0.4) is 0 Å². The molecule has 4 heteroatoms. The first kappa shape index (κ1) is 28.4. The molecule has 2 N–H and O–H groups in total. The largest absolute Gasteiger partial charge is 0.462 e. The normalized spacial score (nSPS) is 41.4. The van der Waals surface area contributed by atoms with Crippen LogP contribution in [-0.4, -0.2) is 35.5 Å². The maximum Gasteiger partial charge on any atom is 0.316 e. The highest BCUT2D eigenvalue weighted by atomic mass is 16.5. The smallest absolute Gasteiger partial charge is 0.316 e. The zero-order valence-corrected chi connectivity index (χ0v) is 24.2. The second kappa shape index (κ2) is 10.9. The van der Waals surface area contributed by atoms with E-state index in [0.29, 0.717) is 16.7 Å². The lowest BCUT2D eigenvalue weighted by Gasteiger charge is -2.61. The van der Waals surface area contributed by atoms with Gasteiger partial charge < -0.3 is 14.9 Å². The van der Waals surface area contributed by atoms with Gasteiger partial charge in [-0.05, 0) is 117 Å². The van der Waals surface area contributed by atoms with Crippen molar-refractivity contribution in [1.29, 1.82) is 0 Å². The van der Waals surface area contributed by atoms with Crippen LogP contribution in [0.2, 0.25) is 0 Å². The van der Waals surface area contributed by atoms with Crippen molar-refractivity contribution in [3.8, 4) is 0 Å². The zero-order chi connectivity index (χ0) is 26.3. The molecule has 4 fully saturated rings. The highest BCUT2D eigenvalue weighted by molar-refractivity contribution is 5.76. The molecular weight excluding hydrogens is 448 g/mol. The van der Waals surface area contributed by atoms with Crippen molar-refractivity contribution in [2.75, 3.05) is 13.2 Å². The van der Waals surface area contributed by atoms with E-state index in [1.807, 2.05) is 0 Å². The van der Waals surface area contributed by atoms with Gasteiger partial charge in [-0.3, -0.25) is 4.79 Å². The first-order valence-electron chi connectivity index (χ1n) is 15.4. The molecule has 0 spiro atoms. The van der Waals surface area contributed by atoms with Crippen LogP contribution in [0, 0.1) is 57.7 Å². The van der Waals surface area contributed by atoms with Gasteiger partial charge in [0.25, 0.3) is 0 Å². The van der Waals surface area contributed by atoms with Gasteiger partial charge in [0.15, 0.2) is 0 Å². The Morgan fingerprint density at radius 2 is 1.58 bits per heavy atom. The van der Waals surface area contributed by atoms with Crippen LogP contribution in [-0.2, 0) is 9.53 Å². The highest BCUT2D eigenvalue weighted by Crippen LogP contribution is 2.68. The number of fused-ring (bicyclic) bond motifs is 5. The summed E-state index contributed by atoms with van der Waals surface area (Å²) in [7, 11) is 0. The van der Waals surface area contributed by atoms with Gasteiger partial charge in [-0.25, -0.2) is 0 Å². The number of carbonyl (C=O) groups is 1. The minimum Gasteiger partial charge on any atom is -0.462 e. The number of rotatable bonds is 9. The van der Waals surface area contributed by atoms with Crippen molar-refractivity contribution in [1.82, 2.24) is 0 Å². The van der Waals surface area contributed by atoms with Crippen LogP contribution < -0.4 is 0 Å². The Morgan fingerprint density at radius 3 is 2.25 bits per heavy atom. The molecule has 0 radical (unpaired) electrons. The Bertz CT molecular complexity index is 759. The standard InChI is InChI=1S/C32H56O4/c1-21(2)8-7-9-22(3)26-12-13-27-25-11-10-23-18-24(36-29(35)30(4,19-33)20-34)14-16-31(23,5)28(25)15-17-32(26,27)6/h21-28,33-34H,7-20H2,1-6H3/t22-,23-,24+,25?,26-,27?,28?,31+,32-/m1/s1. The number of carbonyl (C=O) groups excluding carboxylic acids is 1. The second-order valence-electron chi connectivity index (χ2n) is 14.9. The lowest BCUT2D eigenvalue weighted by Crippen LogP contribution is -2.54. The van der Waals surface area contributed by atoms with Crippen LogP contribution in [0.25, 0.3) is 0 Å².